The quantitative estimate of drug-likeness (QED) is 0.177. The van der Waals surface area contributed by atoms with Crippen LogP contribution in [0, 0.1) is 31.1 Å². The van der Waals surface area contributed by atoms with Crippen LogP contribution in [0.1, 0.15) is 91.5 Å². The van der Waals surface area contributed by atoms with E-state index >= 15 is 0 Å². The average molecular weight is 596 g/mol. The van der Waals surface area contributed by atoms with Crippen molar-refractivity contribution in [3.63, 3.8) is 0 Å². The van der Waals surface area contributed by atoms with Crippen LogP contribution in [0.5, 0.6) is 0 Å². The van der Waals surface area contributed by atoms with Crippen LogP contribution in [0.4, 0.5) is 0 Å². The second kappa shape index (κ2) is 16.2. The molecule has 208 valence electrons. The molecule has 0 spiro atoms. The minimum atomic E-state index is 0.177. The average Bonchev–Trinajstić information content (AvgIpc) is 3.43. The molecule has 0 amide bonds. The Balaban J connectivity index is 0.000000345. The van der Waals surface area contributed by atoms with E-state index in [2.05, 4.69) is 128 Å². The minimum absolute atomic E-state index is 0.177. The summed E-state index contributed by atoms with van der Waals surface area (Å²) in [4.78, 5) is 0. The van der Waals surface area contributed by atoms with E-state index < -0.39 is 0 Å². The van der Waals surface area contributed by atoms with Gasteiger partial charge in [-0.25, -0.2) is 11.1 Å². The van der Waals surface area contributed by atoms with Gasteiger partial charge in [-0.1, -0.05) is 96.0 Å². The molecule has 5 rings (SSSR count). The van der Waals surface area contributed by atoms with Gasteiger partial charge >= 0.3 is 28.4 Å². The van der Waals surface area contributed by atoms with Gasteiger partial charge in [0.2, 0.25) is 0 Å². The largest absolute Gasteiger partial charge is 0.184 e. The smallest absolute Gasteiger partial charge is 0.171 e. The van der Waals surface area contributed by atoms with Crippen LogP contribution in [0.15, 0.2) is 77.9 Å². The molecule has 2 aliphatic rings. The van der Waals surface area contributed by atoms with E-state index in [9.17, 15) is 0 Å². The second-order valence-electron chi connectivity index (χ2n) is 11.8. The molecule has 1 heteroatoms. The zero-order valence-corrected chi connectivity index (χ0v) is 28.5. The van der Waals surface area contributed by atoms with Crippen LogP contribution in [0.3, 0.4) is 0 Å². The van der Waals surface area contributed by atoms with Crippen molar-refractivity contribution in [3.8, 4) is 11.1 Å². The first kappa shape index (κ1) is 34.9. The fourth-order valence-electron chi connectivity index (χ4n) is 4.32. The maximum Gasteiger partial charge on any atom is -0.171 e. The normalized spacial score (nSPS) is 14.7. The van der Waals surface area contributed by atoms with Crippen LogP contribution in [-0.2, 0) is 41.5 Å². The number of hydrogen-bond donors (Lipinski definition) is 0. The van der Waals surface area contributed by atoms with E-state index in [1.54, 1.807) is 6.92 Å². The van der Waals surface area contributed by atoms with Crippen molar-refractivity contribution >= 4 is 4.21 Å². The molecule has 0 saturated carbocycles. The number of fused-ring (bicyclic) bond motifs is 3. The van der Waals surface area contributed by atoms with Crippen molar-refractivity contribution in [2.45, 2.75) is 86.5 Å². The molecular formula is C38H48Zr-4. The van der Waals surface area contributed by atoms with Gasteiger partial charge in [-0.2, -0.15) is 78.7 Å². The maximum atomic E-state index is 3.53. The third-order valence-electron chi connectivity index (χ3n) is 6.67. The molecular weight excluding hydrogens is 548 g/mol. The fourth-order valence-corrected chi connectivity index (χ4v) is 4.32. The van der Waals surface area contributed by atoms with E-state index in [1.165, 1.54) is 68.8 Å². The Kier molecular flexibility index (Phi) is 14.5. The molecule has 0 bridgehead atoms. The molecule has 0 radical (unpaired) electrons. The van der Waals surface area contributed by atoms with Crippen molar-refractivity contribution in [1.82, 2.24) is 0 Å². The van der Waals surface area contributed by atoms with Crippen LogP contribution in [0.25, 0.3) is 11.1 Å². The van der Waals surface area contributed by atoms with Crippen molar-refractivity contribution in [1.29, 1.82) is 0 Å². The third kappa shape index (κ3) is 10.8. The Morgan fingerprint density at radius 3 is 1.79 bits per heavy atom. The third-order valence-corrected chi connectivity index (χ3v) is 6.67. The predicted octanol–water partition coefficient (Wildman–Crippen LogP) is 10.3. The summed E-state index contributed by atoms with van der Waals surface area (Å²) in [7, 11) is 0. The van der Waals surface area contributed by atoms with Gasteiger partial charge in [0.05, 0.1) is 0 Å². The van der Waals surface area contributed by atoms with E-state index in [0.717, 1.165) is 6.42 Å². The molecule has 1 unspecified atom stereocenters. The van der Waals surface area contributed by atoms with E-state index in [4.69, 9.17) is 0 Å². The zero-order valence-electron chi connectivity index (χ0n) is 26.0. The van der Waals surface area contributed by atoms with Crippen molar-refractivity contribution in [2.75, 3.05) is 0 Å². The minimum Gasteiger partial charge on any atom is -0.184 e. The summed E-state index contributed by atoms with van der Waals surface area (Å²) in [6, 6.07) is 27.6. The first-order valence-corrected chi connectivity index (χ1v) is 15.5. The van der Waals surface area contributed by atoms with Crippen LogP contribution < -0.4 is 0 Å². The topological polar surface area (TPSA) is 0 Å². The van der Waals surface area contributed by atoms with Crippen LogP contribution in [-0.4, -0.2) is 4.21 Å². The van der Waals surface area contributed by atoms with Crippen molar-refractivity contribution in [2.24, 2.45) is 5.92 Å². The Hall–Kier alpha value is -2.11. The van der Waals surface area contributed by atoms with E-state index in [0.29, 0.717) is 5.92 Å². The SMILES string of the molecule is CC(C)(C)c1c[c-]c2c(c1)-c1cc(C(C)(C)C)ccc1C2.CC1=[C-]C(C)C=C1C.[CH2-]C.[CH2]=[Zr].[c-]1ccccc1. The van der Waals surface area contributed by atoms with Gasteiger partial charge in [-0.3, -0.25) is 6.08 Å². The summed E-state index contributed by atoms with van der Waals surface area (Å²) >= 11 is 1.30. The number of hydrogen-bond acceptors (Lipinski definition) is 0. The summed E-state index contributed by atoms with van der Waals surface area (Å²) in [5.74, 6) is 0.551. The molecule has 39 heavy (non-hydrogen) atoms. The molecule has 2 aliphatic carbocycles. The summed E-state index contributed by atoms with van der Waals surface area (Å²) < 4.78 is 3.34. The van der Waals surface area contributed by atoms with Crippen LogP contribution in [0.2, 0.25) is 0 Å². The molecule has 1 atom stereocenters. The molecule has 0 nitrogen and oxygen atoms in total. The van der Waals surface area contributed by atoms with Gasteiger partial charge in [0.1, 0.15) is 0 Å². The number of allylic oxidation sites excluding steroid dienone is 4. The first-order chi connectivity index (χ1) is 18.4. The Morgan fingerprint density at radius 1 is 0.846 bits per heavy atom. The molecule has 0 aromatic heterocycles. The van der Waals surface area contributed by atoms with Crippen molar-refractivity contribution < 1.29 is 24.2 Å². The summed E-state index contributed by atoms with van der Waals surface area (Å²) in [5, 5.41) is 0. The molecule has 0 fully saturated rings. The molecule has 3 aromatic carbocycles. The molecule has 0 aliphatic heterocycles. The van der Waals surface area contributed by atoms with Gasteiger partial charge in [0.15, 0.2) is 0 Å². The Labute approximate surface area is 256 Å². The van der Waals surface area contributed by atoms with Gasteiger partial charge in [-0.05, 0) is 17.4 Å². The van der Waals surface area contributed by atoms with Crippen LogP contribution >= 0.6 is 0 Å². The monoisotopic (exact) mass is 594 g/mol. The van der Waals surface area contributed by atoms with Gasteiger partial charge in [-0.15, -0.1) is 12.5 Å². The van der Waals surface area contributed by atoms with Gasteiger partial charge < -0.3 is 6.92 Å². The van der Waals surface area contributed by atoms with Crippen molar-refractivity contribution in [3.05, 3.63) is 125 Å². The number of benzene rings is 3. The molecule has 3 aromatic rings. The maximum absolute atomic E-state index is 3.53. The number of rotatable bonds is 0. The van der Waals surface area contributed by atoms with E-state index in [-0.39, 0.29) is 10.8 Å². The molecule has 0 heterocycles. The second-order valence-corrected chi connectivity index (χ2v) is 11.8. The summed E-state index contributed by atoms with van der Waals surface area (Å²) in [5.41, 5.74) is 11.5. The van der Waals surface area contributed by atoms with Gasteiger partial charge in [0, 0.05) is 0 Å². The standard InChI is InChI=1S/C21H25.C8H11.C6H5.C2H5.CH2.Zr/c1-20(2,3)16-9-7-14-11-15-8-10-17(21(4,5)6)13-19(15)18(14)12-16;1-6-4-7(2)8(3)5-6;1-2-4-6-5-3-1;1-2;;/h7,9-10,12-13H,11H2,1-6H3;4,6H,1-3H3;1-5H;1H2,2H3;1H2;/q4*-1;;. The van der Waals surface area contributed by atoms with Gasteiger partial charge in [0.25, 0.3) is 0 Å². The molecule has 0 N–H and O–H groups in total. The summed E-state index contributed by atoms with van der Waals surface area (Å²) in [6.07, 6.45) is 6.55. The zero-order chi connectivity index (χ0) is 29.8. The summed E-state index contributed by atoms with van der Waals surface area (Å²) in [6.45, 7) is 25.0. The fraction of sp³-hybridized carbons (Fsp3) is 0.368. The first-order valence-electron chi connectivity index (χ1n) is 13.8. The predicted molar refractivity (Wildman–Crippen MR) is 170 cm³/mol. The Morgan fingerprint density at radius 2 is 1.41 bits per heavy atom. The Bertz CT molecular complexity index is 1110. The van der Waals surface area contributed by atoms with E-state index in [1.807, 2.05) is 30.3 Å². The molecule has 0 saturated heterocycles.